The van der Waals surface area contributed by atoms with Gasteiger partial charge in [-0.2, -0.15) is 0 Å². The van der Waals surface area contributed by atoms with Gasteiger partial charge in [0.15, 0.2) is 0 Å². The van der Waals surface area contributed by atoms with E-state index in [1.54, 1.807) is 13.0 Å². The van der Waals surface area contributed by atoms with Crippen molar-refractivity contribution in [1.82, 2.24) is 0 Å². The summed E-state index contributed by atoms with van der Waals surface area (Å²) in [6.45, 7) is 3.99. The largest absolute Gasteiger partial charge is 0.462 e. The Kier molecular flexibility index (Phi) is 4.30. The molecule has 0 fully saturated rings. The number of ether oxygens (including phenoxy) is 1. The smallest absolute Gasteiger partial charge is 0.341 e. The average Bonchev–Trinajstić information content (AvgIpc) is 2.60. The van der Waals surface area contributed by atoms with Crippen LogP contribution in [0, 0.1) is 0 Å². The van der Waals surface area contributed by atoms with Crippen LogP contribution in [0.4, 0.5) is 9.80 Å². The molecule has 0 bridgehead atoms. The molecule has 0 radical (unpaired) electrons. The SMILES string of the molecule is CCOC(=O)c1cc(CC)sc1NC(N)=O. The van der Waals surface area contributed by atoms with E-state index in [2.05, 4.69) is 5.32 Å². The third-order valence-corrected chi connectivity index (χ3v) is 3.06. The number of thiophene rings is 1. The van der Waals surface area contributed by atoms with Gasteiger partial charge in [0.25, 0.3) is 0 Å². The van der Waals surface area contributed by atoms with Crippen molar-refractivity contribution in [3.05, 3.63) is 16.5 Å². The highest BCUT2D eigenvalue weighted by Gasteiger charge is 2.17. The van der Waals surface area contributed by atoms with E-state index in [9.17, 15) is 9.59 Å². The van der Waals surface area contributed by atoms with E-state index < -0.39 is 12.0 Å². The molecule has 0 spiro atoms. The second kappa shape index (κ2) is 5.50. The van der Waals surface area contributed by atoms with Gasteiger partial charge in [-0.25, -0.2) is 9.59 Å². The molecular formula is C10H14N2O3S. The number of carbonyl (C=O) groups is 2. The van der Waals surface area contributed by atoms with E-state index in [1.807, 2.05) is 6.92 Å². The van der Waals surface area contributed by atoms with E-state index in [1.165, 1.54) is 11.3 Å². The molecule has 0 aliphatic rings. The monoisotopic (exact) mass is 242 g/mol. The summed E-state index contributed by atoms with van der Waals surface area (Å²) in [7, 11) is 0. The zero-order valence-electron chi connectivity index (χ0n) is 9.20. The number of nitrogens with two attached hydrogens (primary N) is 1. The predicted molar refractivity (Wildman–Crippen MR) is 62.9 cm³/mol. The number of carbonyl (C=O) groups excluding carboxylic acids is 2. The van der Waals surface area contributed by atoms with Crippen molar-refractivity contribution >= 4 is 28.3 Å². The number of nitrogens with one attached hydrogen (secondary N) is 1. The molecule has 0 aliphatic carbocycles. The number of hydrogen-bond donors (Lipinski definition) is 2. The first-order valence-corrected chi connectivity index (χ1v) is 5.76. The summed E-state index contributed by atoms with van der Waals surface area (Å²) in [5.41, 5.74) is 5.39. The molecule has 88 valence electrons. The Hall–Kier alpha value is -1.56. The molecule has 0 saturated heterocycles. The molecule has 0 unspecified atom stereocenters. The number of rotatable bonds is 4. The van der Waals surface area contributed by atoms with Crippen LogP contribution < -0.4 is 11.1 Å². The van der Waals surface area contributed by atoms with Crippen LogP contribution >= 0.6 is 11.3 Å². The molecule has 0 atom stereocenters. The van der Waals surface area contributed by atoms with E-state index >= 15 is 0 Å². The zero-order chi connectivity index (χ0) is 12.1. The molecule has 0 aromatic carbocycles. The third-order valence-electron chi connectivity index (χ3n) is 1.86. The maximum Gasteiger partial charge on any atom is 0.341 e. The Balaban J connectivity index is 2.99. The standard InChI is InChI=1S/C10H14N2O3S/c1-3-6-5-7(9(13)15-4-2)8(16-6)12-10(11)14/h5H,3-4H2,1-2H3,(H3,11,12,14). The van der Waals surface area contributed by atoms with E-state index in [0.717, 1.165) is 11.3 Å². The van der Waals surface area contributed by atoms with Crippen LogP contribution in [-0.2, 0) is 11.2 Å². The summed E-state index contributed by atoms with van der Waals surface area (Å²) >= 11 is 1.33. The fourth-order valence-electron chi connectivity index (χ4n) is 1.18. The quantitative estimate of drug-likeness (QED) is 0.792. The second-order valence-corrected chi connectivity index (χ2v) is 4.16. The van der Waals surface area contributed by atoms with Crippen molar-refractivity contribution in [2.24, 2.45) is 5.73 Å². The maximum absolute atomic E-state index is 11.6. The van der Waals surface area contributed by atoms with Crippen molar-refractivity contribution in [2.45, 2.75) is 20.3 Å². The summed E-state index contributed by atoms with van der Waals surface area (Å²) in [6.07, 6.45) is 0.789. The second-order valence-electron chi connectivity index (χ2n) is 3.02. The summed E-state index contributed by atoms with van der Waals surface area (Å²) < 4.78 is 4.88. The first-order chi connectivity index (χ1) is 7.58. The van der Waals surface area contributed by atoms with Crippen LogP contribution in [0.15, 0.2) is 6.07 Å². The van der Waals surface area contributed by atoms with E-state index in [0.29, 0.717) is 17.2 Å². The lowest BCUT2D eigenvalue weighted by Gasteiger charge is -2.02. The fraction of sp³-hybridized carbons (Fsp3) is 0.400. The highest BCUT2D eigenvalue weighted by molar-refractivity contribution is 7.16. The molecule has 3 N–H and O–H groups in total. The topological polar surface area (TPSA) is 81.4 Å². The maximum atomic E-state index is 11.6. The van der Waals surface area contributed by atoms with Gasteiger partial charge in [0, 0.05) is 4.88 Å². The van der Waals surface area contributed by atoms with Gasteiger partial charge in [-0.15, -0.1) is 11.3 Å². The highest BCUT2D eigenvalue weighted by atomic mass is 32.1. The molecule has 16 heavy (non-hydrogen) atoms. The Morgan fingerprint density at radius 1 is 1.50 bits per heavy atom. The minimum Gasteiger partial charge on any atom is -0.462 e. The first-order valence-electron chi connectivity index (χ1n) is 4.94. The summed E-state index contributed by atoms with van der Waals surface area (Å²) in [4.78, 5) is 23.3. The van der Waals surface area contributed by atoms with Crippen LogP contribution in [0.2, 0.25) is 0 Å². The van der Waals surface area contributed by atoms with Gasteiger partial charge in [-0.3, -0.25) is 5.32 Å². The Morgan fingerprint density at radius 2 is 2.19 bits per heavy atom. The number of anilines is 1. The normalized spacial score (nSPS) is 9.88. The van der Waals surface area contributed by atoms with Crippen molar-refractivity contribution < 1.29 is 14.3 Å². The van der Waals surface area contributed by atoms with Gasteiger partial charge in [0.1, 0.15) is 5.00 Å². The van der Waals surface area contributed by atoms with Gasteiger partial charge in [0.2, 0.25) is 0 Å². The van der Waals surface area contributed by atoms with Crippen molar-refractivity contribution in [1.29, 1.82) is 0 Å². The molecule has 2 amide bonds. The fourth-order valence-corrected chi connectivity index (χ4v) is 2.17. The van der Waals surface area contributed by atoms with Crippen molar-refractivity contribution in [3.8, 4) is 0 Å². The Bertz CT molecular complexity index is 401. The van der Waals surface area contributed by atoms with Gasteiger partial charge in [0.05, 0.1) is 12.2 Å². The molecule has 1 rings (SSSR count). The van der Waals surface area contributed by atoms with Crippen LogP contribution in [-0.4, -0.2) is 18.6 Å². The number of primary amides is 1. The molecule has 6 heteroatoms. The van der Waals surface area contributed by atoms with Gasteiger partial charge in [-0.05, 0) is 19.4 Å². The lowest BCUT2D eigenvalue weighted by molar-refractivity contribution is 0.0528. The summed E-state index contributed by atoms with van der Waals surface area (Å²) in [6, 6.07) is 1.03. The number of urea groups is 1. The molecule has 1 aromatic heterocycles. The third kappa shape index (κ3) is 2.96. The Morgan fingerprint density at radius 3 is 2.69 bits per heavy atom. The number of hydrogen-bond acceptors (Lipinski definition) is 4. The highest BCUT2D eigenvalue weighted by Crippen LogP contribution is 2.29. The van der Waals surface area contributed by atoms with Gasteiger partial charge in [-0.1, -0.05) is 6.92 Å². The van der Waals surface area contributed by atoms with E-state index in [-0.39, 0.29) is 0 Å². The predicted octanol–water partition coefficient (Wildman–Crippen LogP) is 1.98. The van der Waals surface area contributed by atoms with Crippen molar-refractivity contribution in [3.63, 3.8) is 0 Å². The van der Waals surface area contributed by atoms with Gasteiger partial charge >= 0.3 is 12.0 Å². The zero-order valence-corrected chi connectivity index (χ0v) is 10.0. The number of aryl methyl sites for hydroxylation is 1. The molecular weight excluding hydrogens is 228 g/mol. The van der Waals surface area contributed by atoms with Crippen LogP contribution in [0.1, 0.15) is 29.1 Å². The van der Waals surface area contributed by atoms with Crippen LogP contribution in [0.25, 0.3) is 0 Å². The minimum atomic E-state index is -0.685. The molecule has 1 heterocycles. The van der Waals surface area contributed by atoms with Crippen LogP contribution in [0.3, 0.4) is 0 Å². The molecule has 0 saturated carbocycles. The van der Waals surface area contributed by atoms with E-state index in [4.69, 9.17) is 10.5 Å². The number of esters is 1. The molecule has 5 nitrogen and oxygen atoms in total. The first kappa shape index (κ1) is 12.5. The molecule has 0 aliphatic heterocycles. The lowest BCUT2D eigenvalue weighted by atomic mass is 10.2. The van der Waals surface area contributed by atoms with Crippen LogP contribution in [0.5, 0.6) is 0 Å². The lowest BCUT2D eigenvalue weighted by Crippen LogP contribution is -2.20. The van der Waals surface area contributed by atoms with Gasteiger partial charge < -0.3 is 10.5 Å². The van der Waals surface area contributed by atoms with Crippen molar-refractivity contribution in [2.75, 3.05) is 11.9 Å². The summed E-state index contributed by atoms with van der Waals surface area (Å²) in [5, 5.41) is 2.87. The Labute approximate surface area is 97.6 Å². The minimum absolute atomic E-state index is 0.298. The average molecular weight is 242 g/mol. The molecule has 1 aromatic rings. The number of amides is 2. The summed E-state index contributed by atoms with van der Waals surface area (Å²) in [5.74, 6) is -0.442.